The number of carboxylic acid groups (broad SMARTS) is 2. The van der Waals surface area contributed by atoms with Crippen LogP contribution in [0.15, 0.2) is 30.3 Å². The van der Waals surface area contributed by atoms with Gasteiger partial charge in [0.05, 0.1) is 21.1 Å². The number of quaternary nitrogens is 1. The molecule has 0 saturated carbocycles. The van der Waals surface area contributed by atoms with Crippen molar-refractivity contribution in [2.45, 2.75) is 12.5 Å². The van der Waals surface area contributed by atoms with Gasteiger partial charge in [-0.1, -0.05) is 30.3 Å². The molecule has 0 aliphatic carbocycles. The summed E-state index contributed by atoms with van der Waals surface area (Å²) in [6.07, 6.45) is 0.385. The minimum Gasteiger partial charge on any atom is -0.480 e. The van der Waals surface area contributed by atoms with E-state index in [1.807, 2.05) is 51.5 Å². The second-order valence-corrected chi connectivity index (χ2v) is 5.48. The monoisotopic (exact) mass is 283 g/mol. The van der Waals surface area contributed by atoms with Gasteiger partial charge in [-0.05, 0) is 12.0 Å². The van der Waals surface area contributed by atoms with E-state index in [0.717, 1.165) is 5.56 Å². The minimum absolute atomic E-state index is 0.181. The lowest BCUT2D eigenvalue weighted by Gasteiger charge is -2.20. The summed E-state index contributed by atoms with van der Waals surface area (Å²) in [5, 5.41) is 16.8. The smallest absolute Gasteiger partial charge is 0.359 e. The van der Waals surface area contributed by atoms with Gasteiger partial charge in [-0.15, -0.1) is 0 Å². The van der Waals surface area contributed by atoms with Gasteiger partial charge in [0.1, 0.15) is 6.04 Å². The third-order valence-corrected chi connectivity index (χ3v) is 2.23. The van der Waals surface area contributed by atoms with E-state index in [4.69, 9.17) is 15.9 Å². The molecule has 112 valence electrons. The van der Waals surface area contributed by atoms with Crippen LogP contribution >= 0.6 is 0 Å². The predicted molar refractivity (Wildman–Crippen MR) is 76.3 cm³/mol. The van der Waals surface area contributed by atoms with Crippen LogP contribution in [0.3, 0.4) is 0 Å². The van der Waals surface area contributed by atoms with Crippen LogP contribution in [0.1, 0.15) is 5.56 Å². The Morgan fingerprint density at radius 3 is 1.95 bits per heavy atom. The van der Waals surface area contributed by atoms with Gasteiger partial charge in [-0.3, -0.25) is 4.79 Å². The van der Waals surface area contributed by atoms with Gasteiger partial charge in [-0.25, -0.2) is 4.79 Å². The summed E-state index contributed by atoms with van der Waals surface area (Å²) in [6, 6.07) is 8.54. The van der Waals surface area contributed by atoms with Gasteiger partial charge in [-0.2, -0.15) is 0 Å². The number of carboxylic acids is 2. The highest BCUT2D eigenvalue weighted by atomic mass is 16.4. The van der Waals surface area contributed by atoms with Gasteiger partial charge in [0.2, 0.25) is 0 Å². The number of nitrogens with zero attached hydrogens (tertiary/aromatic N) is 1. The van der Waals surface area contributed by atoms with Crippen LogP contribution in [-0.2, 0) is 16.0 Å². The zero-order valence-electron chi connectivity index (χ0n) is 12.1. The molecule has 1 atom stereocenters. The molecule has 0 heterocycles. The molecule has 6 nitrogen and oxygen atoms in total. The van der Waals surface area contributed by atoms with Crippen molar-refractivity contribution in [1.82, 2.24) is 0 Å². The van der Waals surface area contributed by atoms with Gasteiger partial charge in [0, 0.05) is 0 Å². The molecule has 0 aromatic heterocycles. The quantitative estimate of drug-likeness (QED) is 0.680. The number of rotatable bonds is 5. The fourth-order valence-corrected chi connectivity index (χ4v) is 1.36. The van der Waals surface area contributed by atoms with Crippen molar-refractivity contribution < 1.29 is 24.3 Å². The molecular formula is C14H23N2O4+. The molecule has 0 aliphatic heterocycles. The molecule has 1 aromatic rings. The molecule has 0 aliphatic rings. The van der Waals surface area contributed by atoms with E-state index >= 15 is 0 Å². The molecular weight excluding hydrogens is 260 g/mol. The lowest BCUT2D eigenvalue weighted by atomic mass is 10.1. The van der Waals surface area contributed by atoms with Crippen LogP contribution in [0.25, 0.3) is 0 Å². The number of likely N-dealkylation sites (N-methyl/N-ethyl adjacent to an activating group) is 1. The van der Waals surface area contributed by atoms with E-state index in [2.05, 4.69) is 0 Å². The normalized spacial score (nSPS) is 12.0. The van der Waals surface area contributed by atoms with Crippen LogP contribution in [-0.4, -0.2) is 60.4 Å². The van der Waals surface area contributed by atoms with Crippen molar-refractivity contribution in [3.8, 4) is 0 Å². The first-order chi connectivity index (χ1) is 9.11. The molecule has 0 spiro atoms. The van der Waals surface area contributed by atoms with Crippen molar-refractivity contribution >= 4 is 11.9 Å². The van der Waals surface area contributed by atoms with Crippen LogP contribution in [0, 0.1) is 0 Å². The number of hydrogen-bond donors (Lipinski definition) is 3. The summed E-state index contributed by atoms with van der Waals surface area (Å²) >= 11 is 0. The average molecular weight is 283 g/mol. The number of carbonyl (C=O) groups is 2. The molecule has 0 amide bonds. The minimum atomic E-state index is -0.959. The molecule has 1 unspecified atom stereocenters. The largest absolute Gasteiger partial charge is 0.480 e. The van der Waals surface area contributed by atoms with Crippen molar-refractivity contribution in [3.63, 3.8) is 0 Å². The highest BCUT2D eigenvalue weighted by molar-refractivity contribution is 5.73. The summed E-state index contributed by atoms with van der Waals surface area (Å²) in [7, 11) is 5.52. The summed E-state index contributed by atoms with van der Waals surface area (Å²) in [6.45, 7) is 0.181. The molecule has 0 bridgehead atoms. The zero-order valence-corrected chi connectivity index (χ0v) is 12.1. The van der Waals surface area contributed by atoms with Crippen molar-refractivity contribution in [3.05, 3.63) is 35.9 Å². The Labute approximate surface area is 119 Å². The first-order valence-corrected chi connectivity index (χ1v) is 6.16. The van der Waals surface area contributed by atoms with Crippen molar-refractivity contribution in [1.29, 1.82) is 0 Å². The predicted octanol–water partition coefficient (Wildman–Crippen LogP) is 0.418. The number of aliphatic carboxylic acids is 2. The summed E-state index contributed by atoms with van der Waals surface area (Å²) < 4.78 is 0.481. The lowest BCUT2D eigenvalue weighted by Crippen LogP contribution is -2.39. The van der Waals surface area contributed by atoms with Gasteiger partial charge in [0.15, 0.2) is 6.54 Å². The molecule has 0 fully saturated rings. The SMILES string of the molecule is C[N+](C)(C)CC(=O)O.NC(Cc1ccccc1)C(=O)O. The highest BCUT2D eigenvalue weighted by Gasteiger charge is 2.11. The Hall–Kier alpha value is -1.92. The summed E-state index contributed by atoms with van der Waals surface area (Å²) in [4.78, 5) is 20.4. The highest BCUT2D eigenvalue weighted by Crippen LogP contribution is 2.01. The van der Waals surface area contributed by atoms with E-state index in [0.29, 0.717) is 10.9 Å². The molecule has 1 rings (SSSR count). The molecule has 4 N–H and O–H groups in total. The Morgan fingerprint density at radius 1 is 1.15 bits per heavy atom. The first kappa shape index (κ1) is 18.1. The number of nitrogens with two attached hydrogens (primary N) is 1. The van der Waals surface area contributed by atoms with Crippen molar-refractivity contribution in [2.24, 2.45) is 5.73 Å². The van der Waals surface area contributed by atoms with Crippen LogP contribution in [0.4, 0.5) is 0 Å². The second kappa shape index (κ2) is 8.29. The Morgan fingerprint density at radius 2 is 1.65 bits per heavy atom. The number of benzene rings is 1. The Kier molecular flexibility index (Phi) is 7.49. The van der Waals surface area contributed by atoms with E-state index < -0.39 is 18.0 Å². The topological polar surface area (TPSA) is 101 Å². The molecule has 0 saturated heterocycles. The van der Waals surface area contributed by atoms with E-state index in [1.165, 1.54) is 0 Å². The summed E-state index contributed by atoms with van der Waals surface area (Å²) in [5.74, 6) is -1.71. The van der Waals surface area contributed by atoms with Gasteiger partial charge < -0.3 is 20.4 Å². The standard InChI is InChI=1S/C9H11NO2.C5H11NO2/c10-8(9(11)12)6-7-4-2-1-3-5-7;1-6(2,3)4-5(7)8/h1-5,8H,6,10H2,(H,11,12);4H2,1-3H3/p+1. The third-order valence-electron chi connectivity index (χ3n) is 2.23. The molecule has 6 heteroatoms. The maximum absolute atomic E-state index is 10.4. The molecule has 20 heavy (non-hydrogen) atoms. The second-order valence-electron chi connectivity index (χ2n) is 5.48. The van der Waals surface area contributed by atoms with Gasteiger partial charge in [0.25, 0.3) is 0 Å². The maximum Gasteiger partial charge on any atom is 0.359 e. The first-order valence-electron chi connectivity index (χ1n) is 6.16. The fraction of sp³-hybridized carbons (Fsp3) is 0.429. The van der Waals surface area contributed by atoms with Crippen LogP contribution < -0.4 is 5.73 Å². The molecule has 1 aromatic carbocycles. The third kappa shape index (κ3) is 10.0. The van der Waals surface area contributed by atoms with E-state index in [-0.39, 0.29) is 6.54 Å². The van der Waals surface area contributed by atoms with E-state index in [9.17, 15) is 9.59 Å². The fourth-order valence-electron chi connectivity index (χ4n) is 1.36. The van der Waals surface area contributed by atoms with Crippen LogP contribution in [0.2, 0.25) is 0 Å². The van der Waals surface area contributed by atoms with Crippen molar-refractivity contribution in [2.75, 3.05) is 27.7 Å². The van der Waals surface area contributed by atoms with E-state index in [1.54, 1.807) is 0 Å². The Bertz CT molecular complexity index is 427. The summed E-state index contributed by atoms with van der Waals surface area (Å²) in [5.41, 5.74) is 6.30. The zero-order chi connectivity index (χ0) is 15.8. The number of hydrogen-bond acceptors (Lipinski definition) is 3. The van der Waals surface area contributed by atoms with Crippen LogP contribution in [0.5, 0.6) is 0 Å². The Balaban J connectivity index is 0.000000396. The maximum atomic E-state index is 10.4. The molecule has 0 radical (unpaired) electrons. The van der Waals surface area contributed by atoms with Gasteiger partial charge >= 0.3 is 11.9 Å². The lowest BCUT2D eigenvalue weighted by molar-refractivity contribution is -0.862. The average Bonchev–Trinajstić information content (AvgIpc) is 2.27.